The van der Waals surface area contributed by atoms with Crippen LogP contribution in [-0.4, -0.2) is 20.3 Å². The fourth-order valence-electron chi connectivity index (χ4n) is 2.00. The van der Waals surface area contributed by atoms with Crippen LogP contribution in [0, 0.1) is 5.92 Å². The van der Waals surface area contributed by atoms with Crippen molar-refractivity contribution < 1.29 is 9.47 Å². The van der Waals surface area contributed by atoms with Crippen molar-refractivity contribution in [3.8, 4) is 5.75 Å². The first-order valence-electron chi connectivity index (χ1n) is 5.91. The highest BCUT2D eigenvalue weighted by Gasteiger charge is 2.34. The van der Waals surface area contributed by atoms with Gasteiger partial charge in [-0.15, -0.1) is 0 Å². The van der Waals surface area contributed by atoms with Crippen molar-refractivity contribution in [2.24, 2.45) is 11.7 Å². The van der Waals surface area contributed by atoms with Crippen LogP contribution in [0.2, 0.25) is 5.02 Å². The fraction of sp³-hybridized carbons (Fsp3) is 0.538. The first-order valence-corrected chi connectivity index (χ1v) is 6.29. The molecule has 0 amide bonds. The normalized spacial score (nSPS) is 16.9. The molecule has 1 aliphatic rings. The molecule has 1 fully saturated rings. The summed E-state index contributed by atoms with van der Waals surface area (Å²) in [5.74, 6) is 1.41. The largest absolute Gasteiger partial charge is 0.496 e. The molecule has 0 heterocycles. The lowest BCUT2D eigenvalue weighted by Crippen LogP contribution is -2.14. The Kier molecular flexibility index (Phi) is 4.26. The second-order valence-electron chi connectivity index (χ2n) is 4.30. The summed E-state index contributed by atoms with van der Waals surface area (Å²) in [7, 11) is 1.67. The second kappa shape index (κ2) is 5.71. The van der Waals surface area contributed by atoms with Crippen LogP contribution in [0.5, 0.6) is 5.75 Å². The molecule has 1 aromatic rings. The van der Waals surface area contributed by atoms with Crippen molar-refractivity contribution in [3.63, 3.8) is 0 Å². The molecule has 4 heteroatoms. The van der Waals surface area contributed by atoms with Gasteiger partial charge in [0.15, 0.2) is 0 Å². The average Bonchev–Trinajstić information content (AvgIpc) is 3.14. The topological polar surface area (TPSA) is 44.5 Å². The van der Waals surface area contributed by atoms with E-state index in [0.29, 0.717) is 24.1 Å². The summed E-state index contributed by atoms with van der Waals surface area (Å²) >= 11 is 6.04. The molecule has 17 heavy (non-hydrogen) atoms. The van der Waals surface area contributed by atoms with E-state index in [-0.39, 0.29) is 6.10 Å². The van der Waals surface area contributed by atoms with Crippen LogP contribution in [-0.2, 0) is 4.74 Å². The Morgan fingerprint density at radius 2 is 2.24 bits per heavy atom. The van der Waals surface area contributed by atoms with E-state index in [4.69, 9.17) is 26.8 Å². The van der Waals surface area contributed by atoms with Crippen molar-refractivity contribution in [1.82, 2.24) is 0 Å². The van der Waals surface area contributed by atoms with Crippen LogP contribution in [0.1, 0.15) is 24.5 Å². The zero-order valence-electron chi connectivity index (χ0n) is 9.99. The van der Waals surface area contributed by atoms with Gasteiger partial charge in [-0.2, -0.15) is 0 Å². The zero-order valence-corrected chi connectivity index (χ0v) is 10.7. The first kappa shape index (κ1) is 12.7. The monoisotopic (exact) mass is 255 g/mol. The Hall–Kier alpha value is -0.770. The molecule has 1 atom stereocenters. The Morgan fingerprint density at radius 3 is 2.82 bits per heavy atom. The molecule has 1 aliphatic carbocycles. The Bertz CT molecular complexity index is 380. The van der Waals surface area contributed by atoms with E-state index in [1.165, 1.54) is 12.8 Å². The number of methoxy groups -OCH3 is 1. The zero-order chi connectivity index (χ0) is 12.3. The van der Waals surface area contributed by atoms with E-state index < -0.39 is 0 Å². The molecule has 3 nitrogen and oxygen atoms in total. The maximum atomic E-state index is 6.04. The lowest BCUT2D eigenvalue weighted by molar-refractivity contribution is 0.0408. The predicted octanol–water partition coefficient (Wildman–Crippen LogP) is 2.78. The van der Waals surface area contributed by atoms with Crippen molar-refractivity contribution >= 4 is 11.6 Å². The Balaban J connectivity index is 2.23. The molecule has 2 rings (SSSR count). The molecule has 94 valence electrons. The third kappa shape index (κ3) is 3.12. The number of rotatable bonds is 6. The summed E-state index contributed by atoms with van der Waals surface area (Å²) in [5.41, 5.74) is 6.53. The highest BCUT2D eigenvalue weighted by atomic mass is 35.5. The molecular formula is C13H18ClNO2. The smallest absolute Gasteiger partial charge is 0.124 e. The molecule has 1 aromatic carbocycles. The summed E-state index contributed by atoms with van der Waals surface area (Å²) < 4.78 is 11.2. The molecule has 0 spiro atoms. The summed E-state index contributed by atoms with van der Waals surface area (Å²) in [6, 6.07) is 5.65. The van der Waals surface area contributed by atoms with Crippen LogP contribution in [0.15, 0.2) is 18.2 Å². The van der Waals surface area contributed by atoms with Gasteiger partial charge in [0.05, 0.1) is 19.8 Å². The minimum Gasteiger partial charge on any atom is -0.496 e. The first-order chi connectivity index (χ1) is 8.26. The van der Waals surface area contributed by atoms with Crippen molar-refractivity contribution in [3.05, 3.63) is 28.8 Å². The highest BCUT2D eigenvalue weighted by molar-refractivity contribution is 6.30. The van der Waals surface area contributed by atoms with Crippen LogP contribution < -0.4 is 10.5 Å². The Morgan fingerprint density at radius 1 is 1.47 bits per heavy atom. The van der Waals surface area contributed by atoms with Crippen LogP contribution in [0.4, 0.5) is 0 Å². The van der Waals surface area contributed by atoms with Gasteiger partial charge >= 0.3 is 0 Å². The maximum Gasteiger partial charge on any atom is 0.124 e. The summed E-state index contributed by atoms with van der Waals surface area (Å²) in [5, 5.41) is 0.711. The van der Waals surface area contributed by atoms with Gasteiger partial charge in [0.2, 0.25) is 0 Å². The minimum absolute atomic E-state index is 0.0622. The number of nitrogens with two attached hydrogens (primary N) is 1. The molecule has 2 N–H and O–H groups in total. The van der Waals surface area contributed by atoms with E-state index in [1.54, 1.807) is 7.11 Å². The van der Waals surface area contributed by atoms with Gasteiger partial charge in [-0.05, 0) is 37.0 Å². The molecular weight excluding hydrogens is 238 g/mol. The molecule has 0 aromatic heterocycles. The number of hydrogen-bond acceptors (Lipinski definition) is 3. The van der Waals surface area contributed by atoms with Crippen molar-refractivity contribution in [2.75, 3.05) is 20.3 Å². The van der Waals surface area contributed by atoms with Gasteiger partial charge in [-0.1, -0.05) is 11.6 Å². The molecule has 0 aliphatic heterocycles. The van der Waals surface area contributed by atoms with Gasteiger partial charge in [0.1, 0.15) is 5.75 Å². The van der Waals surface area contributed by atoms with E-state index in [9.17, 15) is 0 Å². The maximum absolute atomic E-state index is 6.04. The quantitative estimate of drug-likeness (QED) is 0.850. The molecule has 0 radical (unpaired) electrons. The van der Waals surface area contributed by atoms with Crippen molar-refractivity contribution in [1.29, 1.82) is 0 Å². The summed E-state index contributed by atoms with van der Waals surface area (Å²) in [4.78, 5) is 0. The Labute approximate surface area is 107 Å². The average molecular weight is 256 g/mol. The van der Waals surface area contributed by atoms with E-state index in [2.05, 4.69) is 0 Å². The highest BCUT2D eigenvalue weighted by Crippen LogP contribution is 2.46. The third-order valence-corrected chi connectivity index (χ3v) is 3.20. The molecule has 0 saturated heterocycles. The summed E-state index contributed by atoms with van der Waals surface area (Å²) in [6.45, 7) is 1.10. The van der Waals surface area contributed by atoms with E-state index in [0.717, 1.165) is 11.3 Å². The predicted molar refractivity (Wildman–Crippen MR) is 68.5 cm³/mol. The lowest BCUT2D eigenvalue weighted by atomic mass is 10.0. The van der Waals surface area contributed by atoms with Crippen LogP contribution >= 0.6 is 11.6 Å². The van der Waals surface area contributed by atoms with Crippen molar-refractivity contribution in [2.45, 2.75) is 18.9 Å². The second-order valence-corrected chi connectivity index (χ2v) is 4.74. The number of hydrogen-bond donors (Lipinski definition) is 1. The number of benzene rings is 1. The summed E-state index contributed by atoms with van der Waals surface area (Å²) in [6.07, 6.45) is 2.46. The van der Waals surface area contributed by atoms with Gasteiger partial charge in [0, 0.05) is 17.1 Å². The van der Waals surface area contributed by atoms with E-state index >= 15 is 0 Å². The number of ether oxygens (including phenoxy) is 2. The molecule has 1 unspecified atom stereocenters. The standard InChI is InChI=1S/C13H18ClNO2/c1-16-12-5-4-10(14)8-11(12)13(9-2-3-9)17-7-6-15/h4-5,8-9,13H,2-3,6-7,15H2,1H3. The SMILES string of the molecule is COc1ccc(Cl)cc1C(OCCN)C1CC1. The van der Waals surface area contributed by atoms with Gasteiger partial charge < -0.3 is 15.2 Å². The van der Waals surface area contributed by atoms with Gasteiger partial charge in [-0.25, -0.2) is 0 Å². The van der Waals surface area contributed by atoms with Crippen LogP contribution in [0.25, 0.3) is 0 Å². The molecule has 1 saturated carbocycles. The molecule has 0 bridgehead atoms. The van der Waals surface area contributed by atoms with Gasteiger partial charge in [-0.3, -0.25) is 0 Å². The minimum atomic E-state index is 0.0622. The fourth-order valence-corrected chi connectivity index (χ4v) is 2.18. The van der Waals surface area contributed by atoms with Crippen LogP contribution in [0.3, 0.4) is 0 Å². The lowest BCUT2D eigenvalue weighted by Gasteiger charge is -2.20. The number of halogens is 1. The van der Waals surface area contributed by atoms with Gasteiger partial charge in [0.25, 0.3) is 0 Å². The van der Waals surface area contributed by atoms with E-state index in [1.807, 2.05) is 18.2 Å². The third-order valence-electron chi connectivity index (χ3n) is 2.96.